The molecule has 0 amide bonds. The van der Waals surface area contributed by atoms with Gasteiger partial charge in [-0.05, 0) is 6.92 Å². The van der Waals surface area contributed by atoms with Gasteiger partial charge in [0.05, 0.1) is 0 Å². The molecule has 0 bridgehead atoms. The molecule has 2 nitrogen and oxygen atoms in total. The standard InChI is InChI=1S/C24H5F39O2/c1-3(2)4(64)65-24(62,63)23(60,61)22(58,59)21(56,57)17(48,49)14(42,43)11(36,37)8(30,31)5(25)6(26,27)9(32,33)12(38,39)15(44,45)18(50,51)20(54,55)19(52,53)16(46,47)13(40,41)10(34,35)7(5,28)29/h1H2,2H3. The summed E-state index contributed by atoms with van der Waals surface area (Å²) in [7, 11) is 0. The summed E-state index contributed by atoms with van der Waals surface area (Å²) in [6, 6.07) is 0. The summed E-state index contributed by atoms with van der Waals surface area (Å²) in [4.78, 5) is 11.0. The molecule has 0 heterocycles. The molecule has 1 saturated carbocycles. The lowest BCUT2D eigenvalue weighted by Crippen LogP contribution is -2.88. The van der Waals surface area contributed by atoms with Crippen LogP contribution in [0, 0.1) is 0 Å². The maximum absolute atomic E-state index is 15.5. The smallest absolute Gasteiger partial charge is 0.393 e. The number of halogens is 39. The molecule has 0 spiro atoms. The molecule has 0 atom stereocenters. The predicted molar refractivity (Wildman–Crippen MR) is 119 cm³/mol. The highest BCUT2D eigenvalue weighted by Gasteiger charge is 3.08. The van der Waals surface area contributed by atoms with Crippen molar-refractivity contribution in [3.63, 3.8) is 0 Å². The van der Waals surface area contributed by atoms with Crippen LogP contribution in [0.2, 0.25) is 0 Å². The first kappa shape index (κ1) is 59.5. The third-order valence-corrected chi connectivity index (χ3v) is 8.54. The van der Waals surface area contributed by atoms with Gasteiger partial charge in [0, 0.05) is 5.57 Å². The monoisotopic (exact) mass is 1070 g/mol. The SMILES string of the molecule is C=C(C)C(=O)OC(F)(F)C(F)(F)C(F)(F)C(F)(F)C(F)(F)C(F)(F)C(F)(F)C(F)(F)C1(F)C(F)(F)C(F)(F)C(F)(F)C(F)(F)C(F)(F)C(F)(F)C(F)(F)C(F)(F)C(F)(F)C(F)(F)C1(F)F. The quantitative estimate of drug-likeness (QED) is 0.124. The van der Waals surface area contributed by atoms with Gasteiger partial charge in [0.1, 0.15) is 0 Å². The van der Waals surface area contributed by atoms with Gasteiger partial charge in [-0.15, -0.1) is 0 Å². The van der Waals surface area contributed by atoms with E-state index in [0.29, 0.717) is 0 Å². The van der Waals surface area contributed by atoms with Crippen molar-refractivity contribution in [3.8, 4) is 0 Å². The first-order valence-corrected chi connectivity index (χ1v) is 14.1. The second-order valence-corrected chi connectivity index (χ2v) is 12.7. The molecule has 41 heteroatoms. The highest BCUT2D eigenvalue weighted by molar-refractivity contribution is 5.87. The number of hydrogen-bond acceptors (Lipinski definition) is 2. The molecule has 0 aromatic carbocycles. The fraction of sp³-hybridized carbons (Fsp3) is 0.875. The van der Waals surface area contributed by atoms with Crippen molar-refractivity contribution in [1.29, 1.82) is 0 Å². The highest BCUT2D eigenvalue weighted by atomic mass is 19.4. The summed E-state index contributed by atoms with van der Waals surface area (Å²) in [5.41, 5.74) is -13.7. The van der Waals surface area contributed by atoms with E-state index in [-0.39, 0.29) is 6.92 Å². The largest absolute Gasteiger partial charge is 0.473 e. The third kappa shape index (κ3) is 6.01. The van der Waals surface area contributed by atoms with Crippen LogP contribution in [0.15, 0.2) is 12.2 Å². The number of carbonyl (C=O) groups is 1. The molecule has 0 saturated heterocycles. The Morgan fingerprint density at radius 3 is 0.692 bits per heavy atom. The van der Waals surface area contributed by atoms with Crippen molar-refractivity contribution in [2.24, 2.45) is 0 Å². The van der Waals surface area contributed by atoms with Crippen LogP contribution in [0.1, 0.15) is 6.92 Å². The predicted octanol–water partition coefficient (Wildman–Crippen LogP) is 12.9. The van der Waals surface area contributed by atoms with Gasteiger partial charge in [-0.25, -0.2) is 9.18 Å². The lowest BCUT2D eigenvalue weighted by atomic mass is 9.70. The zero-order valence-corrected chi connectivity index (χ0v) is 28.3. The van der Waals surface area contributed by atoms with Crippen LogP contribution in [0.3, 0.4) is 0 Å². The van der Waals surface area contributed by atoms with Crippen LogP contribution >= 0.6 is 0 Å². The number of rotatable bonds is 10. The molecule has 0 aromatic heterocycles. The van der Waals surface area contributed by atoms with Gasteiger partial charge >= 0.3 is 124 Å². The molecule has 0 aliphatic heterocycles. The molecule has 1 rings (SSSR count). The molecule has 0 aromatic rings. The minimum absolute atomic E-state index is 0.0265. The van der Waals surface area contributed by atoms with E-state index in [1.54, 1.807) is 0 Å². The summed E-state index contributed by atoms with van der Waals surface area (Å²) in [6.07, 6.45) is -8.08. The summed E-state index contributed by atoms with van der Waals surface area (Å²) < 4.78 is 558. The van der Waals surface area contributed by atoms with Crippen molar-refractivity contribution in [2.75, 3.05) is 0 Å². The molecule has 0 radical (unpaired) electrons. The Morgan fingerprint density at radius 2 is 0.492 bits per heavy atom. The van der Waals surface area contributed by atoms with Crippen LogP contribution in [0.4, 0.5) is 171 Å². The molecule has 0 unspecified atom stereocenters. The van der Waals surface area contributed by atoms with Gasteiger partial charge in [0.25, 0.3) is 0 Å². The molecular weight excluding hydrogens is 1060 g/mol. The highest BCUT2D eigenvalue weighted by Crippen LogP contribution is 2.75. The first-order valence-electron chi connectivity index (χ1n) is 14.1. The molecule has 1 aliphatic rings. The van der Waals surface area contributed by atoms with Gasteiger partial charge < -0.3 is 4.74 Å². The average Bonchev–Trinajstić information content (AvgIpc) is 3.08. The maximum Gasteiger partial charge on any atom is 0.473 e. The summed E-state index contributed by atoms with van der Waals surface area (Å²) in [5.74, 6) is -194. The summed E-state index contributed by atoms with van der Waals surface area (Å²) in [6.45, 7) is 2.14. The lowest BCUT2D eigenvalue weighted by molar-refractivity contribution is -0.520. The molecule has 1 aliphatic carbocycles. The van der Waals surface area contributed by atoms with Gasteiger partial charge in [-0.1, -0.05) is 6.58 Å². The van der Waals surface area contributed by atoms with Crippen molar-refractivity contribution >= 4 is 5.97 Å². The van der Waals surface area contributed by atoms with Crippen LogP contribution in [0.25, 0.3) is 0 Å². The van der Waals surface area contributed by atoms with Crippen molar-refractivity contribution < 1.29 is 181 Å². The van der Waals surface area contributed by atoms with Crippen molar-refractivity contribution in [2.45, 2.75) is 125 Å². The van der Waals surface area contributed by atoms with E-state index >= 15 is 4.39 Å². The fourth-order valence-electron chi connectivity index (χ4n) is 4.45. The number of hydrogen-bond donors (Lipinski definition) is 0. The topological polar surface area (TPSA) is 26.3 Å². The molecule has 0 N–H and O–H groups in total. The minimum atomic E-state index is -11.8. The Bertz CT molecular complexity index is 1800. The number of ether oxygens (including phenoxy) is 1. The van der Waals surface area contributed by atoms with E-state index < -0.39 is 130 Å². The Kier molecular flexibility index (Phi) is 12.8. The van der Waals surface area contributed by atoms with E-state index in [1.807, 2.05) is 4.74 Å². The van der Waals surface area contributed by atoms with Crippen LogP contribution in [0.5, 0.6) is 0 Å². The van der Waals surface area contributed by atoms with Gasteiger partial charge in [0.15, 0.2) is 0 Å². The normalized spacial score (nSPS) is 26.2. The Balaban J connectivity index is 4.90. The molecule has 65 heavy (non-hydrogen) atoms. The summed E-state index contributed by atoms with van der Waals surface area (Å²) in [5, 5.41) is 0. The zero-order chi connectivity index (χ0) is 53.9. The Morgan fingerprint density at radius 1 is 0.323 bits per heavy atom. The second kappa shape index (κ2) is 14.0. The Hall–Kier alpha value is -3.52. The number of esters is 1. The van der Waals surface area contributed by atoms with Crippen molar-refractivity contribution in [1.82, 2.24) is 0 Å². The van der Waals surface area contributed by atoms with Crippen molar-refractivity contribution in [3.05, 3.63) is 12.2 Å². The van der Waals surface area contributed by atoms with E-state index in [0.717, 1.165) is 0 Å². The second-order valence-electron chi connectivity index (χ2n) is 12.7. The minimum Gasteiger partial charge on any atom is -0.393 e. The van der Waals surface area contributed by atoms with E-state index in [9.17, 15) is 172 Å². The molecular formula is C24H5F39O2. The van der Waals surface area contributed by atoms with Crippen LogP contribution in [-0.2, 0) is 9.53 Å². The average molecular weight is 1070 g/mol. The van der Waals surface area contributed by atoms with E-state index in [4.69, 9.17) is 0 Å². The van der Waals surface area contributed by atoms with Gasteiger partial charge in [-0.2, -0.15) is 167 Å². The van der Waals surface area contributed by atoms with Crippen LogP contribution in [-0.4, -0.2) is 124 Å². The number of carbonyl (C=O) groups excluding carboxylic acids is 1. The lowest BCUT2D eigenvalue weighted by Gasteiger charge is -2.53. The number of alkyl halides is 39. The van der Waals surface area contributed by atoms with E-state index in [2.05, 4.69) is 6.58 Å². The van der Waals surface area contributed by atoms with Gasteiger partial charge in [-0.3, -0.25) is 0 Å². The first-order chi connectivity index (χ1) is 27.3. The zero-order valence-electron chi connectivity index (χ0n) is 28.3. The van der Waals surface area contributed by atoms with E-state index in [1.165, 1.54) is 0 Å². The van der Waals surface area contributed by atoms with Gasteiger partial charge in [0.2, 0.25) is 0 Å². The molecule has 1 fully saturated rings. The van der Waals surface area contributed by atoms with Crippen LogP contribution < -0.4 is 0 Å². The molecule has 386 valence electrons. The fourth-order valence-corrected chi connectivity index (χ4v) is 4.45. The third-order valence-electron chi connectivity index (χ3n) is 8.54. The maximum atomic E-state index is 15.5. The Labute approximate surface area is 325 Å². The summed E-state index contributed by atoms with van der Waals surface area (Å²) >= 11 is 0.